The molecule has 0 spiro atoms. The molecule has 4 unspecified atom stereocenters. The summed E-state index contributed by atoms with van der Waals surface area (Å²) in [5.41, 5.74) is 2.38. The van der Waals surface area contributed by atoms with E-state index in [0.717, 1.165) is 6.42 Å². The Bertz CT molecular complexity index is 825. The maximum atomic E-state index is 12.7. The first kappa shape index (κ1) is 18.4. The molecule has 0 saturated carbocycles. The number of hydrogen-bond donors (Lipinski definition) is 2. The molecule has 4 rings (SSSR count). The lowest BCUT2D eigenvalue weighted by atomic mass is 9.82. The van der Waals surface area contributed by atoms with Gasteiger partial charge < -0.3 is 15.2 Å². The van der Waals surface area contributed by atoms with Gasteiger partial charge in [0, 0.05) is 12.5 Å². The first-order valence-corrected chi connectivity index (χ1v) is 9.59. The predicted molar refractivity (Wildman–Crippen MR) is 105 cm³/mol. The number of amides is 1. The number of carbonyl (C=O) groups is 2. The Kier molecular flexibility index (Phi) is 5.26. The normalized spacial score (nSPS) is 25.2. The number of carbonyl (C=O) groups excluding carboxylic acids is 1. The highest BCUT2D eigenvalue weighted by atomic mass is 16.5. The zero-order valence-electron chi connectivity index (χ0n) is 15.4. The monoisotopic (exact) mass is 377 g/mol. The molecule has 1 fully saturated rings. The van der Waals surface area contributed by atoms with Crippen molar-refractivity contribution in [3.8, 4) is 0 Å². The Balaban J connectivity index is 1.43. The van der Waals surface area contributed by atoms with E-state index in [9.17, 15) is 14.7 Å². The highest BCUT2D eigenvalue weighted by Gasteiger charge is 2.53. The van der Waals surface area contributed by atoms with Crippen LogP contribution in [0.25, 0.3) is 0 Å². The van der Waals surface area contributed by atoms with Gasteiger partial charge in [0.25, 0.3) is 0 Å². The number of fused-ring (bicyclic) bond motifs is 2. The highest BCUT2D eigenvalue weighted by Crippen LogP contribution is 2.39. The smallest absolute Gasteiger partial charge is 0.310 e. The Morgan fingerprint density at radius 1 is 0.893 bits per heavy atom. The van der Waals surface area contributed by atoms with Gasteiger partial charge in [-0.1, -0.05) is 72.8 Å². The van der Waals surface area contributed by atoms with Gasteiger partial charge in [-0.3, -0.25) is 9.59 Å². The van der Waals surface area contributed by atoms with Crippen molar-refractivity contribution in [2.75, 3.05) is 6.54 Å². The number of benzene rings is 2. The van der Waals surface area contributed by atoms with Crippen molar-refractivity contribution in [1.82, 2.24) is 5.32 Å². The van der Waals surface area contributed by atoms with E-state index in [1.807, 2.05) is 36.4 Å². The van der Waals surface area contributed by atoms with Crippen LogP contribution in [0.15, 0.2) is 72.8 Å². The highest BCUT2D eigenvalue weighted by molar-refractivity contribution is 5.87. The van der Waals surface area contributed by atoms with E-state index in [2.05, 4.69) is 29.6 Å². The molecule has 2 aromatic rings. The summed E-state index contributed by atoms with van der Waals surface area (Å²) >= 11 is 0. The second-order valence-corrected chi connectivity index (χ2v) is 7.29. The fraction of sp³-hybridized carbons (Fsp3) is 0.304. The molecule has 0 radical (unpaired) electrons. The first-order valence-electron chi connectivity index (χ1n) is 9.59. The Hall–Kier alpha value is -2.92. The summed E-state index contributed by atoms with van der Waals surface area (Å²) < 4.78 is 5.59. The maximum Gasteiger partial charge on any atom is 0.310 e. The van der Waals surface area contributed by atoms with E-state index >= 15 is 0 Å². The van der Waals surface area contributed by atoms with Crippen LogP contribution in [0.1, 0.15) is 23.5 Å². The van der Waals surface area contributed by atoms with Crippen molar-refractivity contribution in [3.63, 3.8) is 0 Å². The summed E-state index contributed by atoms with van der Waals surface area (Å²) in [6.45, 7) is 0.469. The van der Waals surface area contributed by atoms with Crippen LogP contribution in [0.3, 0.4) is 0 Å². The fourth-order valence-corrected chi connectivity index (χ4v) is 4.27. The van der Waals surface area contributed by atoms with Crippen LogP contribution in [0.4, 0.5) is 0 Å². The molecule has 2 N–H and O–H groups in total. The summed E-state index contributed by atoms with van der Waals surface area (Å²) in [5, 5.41) is 12.4. The summed E-state index contributed by atoms with van der Waals surface area (Å²) in [7, 11) is 0. The third kappa shape index (κ3) is 3.58. The van der Waals surface area contributed by atoms with Gasteiger partial charge in [-0.25, -0.2) is 0 Å². The molecule has 5 heteroatoms. The summed E-state index contributed by atoms with van der Waals surface area (Å²) in [6, 6.07) is 20.4. The van der Waals surface area contributed by atoms with Crippen LogP contribution in [0.2, 0.25) is 0 Å². The van der Waals surface area contributed by atoms with Crippen molar-refractivity contribution >= 4 is 11.9 Å². The number of carboxylic acid groups (broad SMARTS) is 1. The molecule has 2 bridgehead atoms. The third-order valence-corrected chi connectivity index (χ3v) is 5.62. The van der Waals surface area contributed by atoms with E-state index in [1.54, 1.807) is 12.2 Å². The molecule has 4 atom stereocenters. The van der Waals surface area contributed by atoms with Crippen molar-refractivity contribution < 1.29 is 19.4 Å². The van der Waals surface area contributed by atoms with Crippen molar-refractivity contribution in [3.05, 3.63) is 83.9 Å². The average molecular weight is 377 g/mol. The number of rotatable bonds is 7. The lowest BCUT2D eigenvalue weighted by Crippen LogP contribution is -2.42. The topological polar surface area (TPSA) is 75.6 Å². The van der Waals surface area contributed by atoms with Gasteiger partial charge in [0.15, 0.2) is 0 Å². The van der Waals surface area contributed by atoms with Crippen LogP contribution in [-0.4, -0.2) is 35.7 Å². The largest absolute Gasteiger partial charge is 0.481 e. The lowest BCUT2D eigenvalue weighted by Gasteiger charge is -2.22. The number of ether oxygens (including phenoxy) is 1. The molecule has 1 amide bonds. The molecule has 5 nitrogen and oxygen atoms in total. The Labute approximate surface area is 164 Å². The predicted octanol–water partition coefficient (Wildman–Crippen LogP) is 2.98. The van der Waals surface area contributed by atoms with Crippen molar-refractivity contribution in [2.24, 2.45) is 11.8 Å². The van der Waals surface area contributed by atoms with Gasteiger partial charge in [-0.2, -0.15) is 0 Å². The van der Waals surface area contributed by atoms with Gasteiger partial charge in [-0.05, 0) is 17.5 Å². The van der Waals surface area contributed by atoms with Gasteiger partial charge in [-0.15, -0.1) is 0 Å². The quantitative estimate of drug-likeness (QED) is 0.728. The SMILES string of the molecule is O=C(O)C1C2C=CC(O2)C1C(=O)NCCC(c1ccccc1)c1ccccc1. The van der Waals surface area contributed by atoms with Crippen molar-refractivity contribution in [2.45, 2.75) is 24.5 Å². The van der Waals surface area contributed by atoms with E-state index in [-0.39, 0.29) is 11.8 Å². The number of aliphatic carboxylic acids is 1. The molecule has 28 heavy (non-hydrogen) atoms. The molecule has 2 heterocycles. The van der Waals surface area contributed by atoms with Crippen LogP contribution >= 0.6 is 0 Å². The van der Waals surface area contributed by atoms with E-state index < -0.39 is 30.0 Å². The third-order valence-electron chi connectivity index (χ3n) is 5.62. The molecular formula is C23H23NO4. The molecular weight excluding hydrogens is 354 g/mol. The minimum absolute atomic E-state index is 0.161. The van der Waals surface area contributed by atoms with Crippen LogP contribution in [0, 0.1) is 11.8 Å². The van der Waals surface area contributed by atoms with Gasteiger partial charge >= 0.3 is 5.97 Å². The number of nitrogens with one attached hydrogen (secondary N) is 1. The lowest BCUT2D eigenvalue weighted by molar-refractivity contribution is -0.146. The molecule has 0 aromatic heterocycles. The Morgan fingerprint density at radius 2 is 1.43 bits per heavy atom. The second kappa shape index (κ2) is 7.98. The van der Waals surface area contributed by atoms with E-state index in [4.69, 9.17) is 4.74 Å². The Morgan fingerprint density at radius 3 is 1.96 bits per heavy atom. The molecule has 2 aliphatic rings. The van der Waals surface area contributed by atoms with E-state index in [1.165, 1.54) is 11.1 Å². The minimum atomic E-state index is -0.983. The van der Waals surface area contributed by atoms with Crippen LogP contribution in [0.5, 0.6) is 0 Å². The summed E-state index contributed by atoms with van der Waals surface area (Å²) in [5.74, 6) is -2.55. The maximum absolute atomic E-state index is 12.7. The van der Waals surface area contributed by atoms with Gasteiger partial charge in [0.1, 0.15) is 5.92 Å². The fourth-order valence-electron chi connectivity index (χ4n) is 4.27. The van der Waals surface area contributed by atoms with Gasteiger partial charge in [0.05, 0.1) is 18.1 Å². The summed E-state index contributed by atoms with van der Waals surface area (Å²) in [6.07, 6.45) is 3.33. The minimum Gasteiger partial charge on any atom is -0.481 e. The van der Waals surface area contributed by atoms with Crippen molar-refractivity contribution in [1.29, 1.82) is 0 Å². The molecule has 1 saturated heterocycles. The molecule has 144 valence electrons. The molecule has 0 aliphatic carbocycles. The molecule has 2 aliphatic heterocycles. The van der Waals surface area contributed by atoms with Crippen LogP contribution < -0.4 is 5.32 Å². The summed E-state index contributed by atoms with van der Waals surface area (Å²) in [4.78, 5) is 24.3. The zero-order valence-corrected chi connectivity index (χ0v) is 15.4. The van der Waals surface area contributed by atoms with Gasteiger partial charge in [0.2, 0.25) is 5.91 Å². The zero-order chi connectivity index (χ0) is 19.5. The second-order valence-electron chi connectivity index (χ2n) is 7.29. The molecule has 2 aromatic carbocycles. The first-order chi connectivity index (χ1) is 13.6. The average Bonchev–Trinajstić information content (AvgIpc) is 3.34. The standard InChI is InChI=1S/C23H23NO4/c25-22(20-18-11-12-19(28-18)21(20)23(26)27)24-14-13-17(15-7-3-1-4-8-15)16-9-5-2-6-10-16/h1-12,17-21H,13-14H2,(H,24,25)(H,26,27). The number of hydrogen-bond acceptors (Lipinski definition) is 3. The van der Waals surface area contributed by atoms with Crippen LogP contribution in [-0.2, 0) is 14.3 Å². The number of carboxylic acids is 1. The van der Waals surface area contributed by atoms with E-state index in [0.29, 0.717) is 6.54 Å².